The first-order chi connectivity index (χ1) is 17.3. The van der Waals surface area contributed by atoms with Crippen molar-refractivity contribution >= 4 is 33.2 Å². The Labute approximate surface area is 211 Å². The number of sulfonamides is 1. The number of methoxy groups -OCH3 is 1. The number of para-hydroxylation sites is 4. The summed E-state index contributed by atoms with van der Waals surface area (Å²) >= 11 is 0. The highest BCUT2D eigenvalue weighted by Gasteiger charge is 2.25. The van der Waals surface area contributed by atoms with Crippen LogP contribution >= 0.6 is 0 Å². The molecule has 9 nitrogen and oxygen atoms in total. The van der Waals surface area contributed by atoms with E-state index in [1.807, 2.05) is 6.07 Å². The molecule has 3 aromatic rings. The van der Waals surface area contributed by atoms with Gasteiger partial charge in [0.1, 0.15) is 12.3 Å². The molecule has 0 spiro atoms. The minimum atomic E-state index is -3.86. The summed E-state index contributed by atoms with van der Waals surface area (Å²) in [6, 6.07) is 22.0. The van der Waals surface area contributed by atoms with Crippen LogP contribution in [0.2, 0.25) is 0 Å². The number of nitrogens with zero attached hydrogens (tertiary/aromatic N) is 1. The third-order valence-corrected chi connectivity index (χ3v) is 6.18. The maximum Gasteiger partial charge on any atom is 0.253 e. The average molecular weight is 512 g/mol. The van der Waals surface area contributed by atoms with Gasteiger partial charge in [0.2, 0.25) is 15.9 Å². The van der Waals surface area contributed by atoms with Crippen molar-refractivity contribution in [3.63, 3.8) is 0 Å². The Kier molecular flexibility index (Phi) is 9.43. The van der Waals surface area contributed by atoms with Crippen LogP contribution in [0, 0.1) is 0 Å². The lowest BCUT2D eigenvalue weighted by molar-refractivity contribution is -0.114. The number of amides is 2. The molecule has 0 aliphatic rings. The molecule has 0 atom stereocenters. The van der Waals surface area contributed by atoms with Gasteiger partial charge in [0.05, 0.1) is 23.2 Å². The van der Waals surface area contributed by atoms with Gasteiger partial charge in [-0.2, -0.15) is 0 Å². The number of benzene rings is 3. The molecule has 0 aromatic heterocycles. The highest BCUT2D eigenvalue weighted by Crippen LogP contribution is 2.33. The topological polar surface area (TPSA) is 114 Å². The summed E-state index contributed by atoms with van der Waals surface area (Å²) in [5.41, 5.74) is 0.749. The molecule has 3 rings (SSSR count). The smallest absolute Gasteiger partial charge is 0.253 e. The quantitative estimate of drug-likeness (QED) is 0.359. The zero-order valence-electron chi connectivity index (χ0n) is 20.1. The van der Waals surface area contributed by atoms with Gasteiger partial charge in [0.25, 0.3) is 5.91 Å². The number of anilines is 2. The molecule has 36 heavy (non-hydrogen) atoms. The van der Waals surface area contributed by atoms with E-state index in [9.17, 15) is 18.0 Å². The number of ether oxygens (including phenoxy) is 2. The summed E-state index contributed by atoms with van der Waals surface area (Å²) in [4.78, 5) is 25.6. The van der Waals surface area contributed by atoms with E-state index in [1.165, 1.54) is 0 Å². The average Bonchev–Trinajstić information content (AvgIpc) is 2.86. The van der Waals surface area contributed by atoms with Crippen molar-refractivity contribution in [1.82, 2.24) is 5.32 Å². The highest BCUT2D eigenvalue weighted by atomic mass is 32.2. The van der Waals surface area contributed by atoms with E-state index >= 15 is 0 Å². The molecule has 2 amide bonds. The maximum atomic E-state index is 13.0. The largest absolute Gasteiger partial charge is 0.455 e. The number of hydrogen-bond donors (Lipinski definition) is 2. The summed E-state index contributed by atoms with van der Waals surface area (Å²) in [5, 5.41) is 5.44. The monoisotopic (exact) mass is 511 g/mol. The van der Waals surface area contributed by atoms with E-state index in [0.29, 0.717) is 25.3 Å². The predicted molar refractivity (Wildman–Crippen MR) is 139 cm³/mol. The van der Waals surface area contributed by atoms with Gasteiger partial charge in [-0.1, -0.05) is 42.5 Å². The molecule has 0 bridgehead atoms. The summed E-state index contributed by atoms with van der Waals surface area (Å²) in [7, 11) is -2.28. The molecule has 2 N–H and O–H groups in total. The second-order valence-corrected chi connectivity index (χ2v) is 9.76. The fourth-order valence-corrected chi connectivity index (χ4v) is 4.23. The van der Waals surface area contributed by atoms with Gasteiger partial charge in [-0.15, -0.1) is 0 Å². The van der Waals surface area contributed by atoms with Crippen molar-refractivity contribution in [3.05, 3.63) is 84.4 Å². The minimum Gasteiger partial charge on any atom is -0.455 e. The summed E-state index contributed by atoms with van der Waals surface area (Å²) in [5.74, 6) is -0.177. The molecule has 0 unspecified atom stereocenters. The molecule has 0 aliphatic heterocycles. The van der Waals surface area contributed by atoms with Crippen molar-refractivity contribution in [2.45, 2.75) is 6.42 Å². The number of nitrogens with one attached hydrogen (secondary N) is 2. The zero-order chi connectivity index (χ0) is 26.0. The number of carbonyl (C=O) groups excluding carboxylic acids is 2. The second-order valence-electron chi connectivity index (χ2n) is 7.85. The van der Waals surface area contributed by atoms with Crippen LogP contribution < -0.4 is 19.7 Å². The van der Waals surface area contributed by atoms with Gasteiger partial charge < -0.3 is 20.1 Å². The number of rotatable bonds is 12. The first kappa shape index (κ1) is 26.7. The zero-order valence-corrected chi connectivity index (χ0v) is 21.0. The summed E-state index contributed by atoms with van der Waals surface area (Å²) in [6.45, 7) is 0.405. The van der Waals surface area contributed by atoms with Crippen LogP contribution in [0.1, 0.15) is 16.8 Å². The molecule has 0 heterocycles. The van der Waals surface area contributed by atoms with Gasteiger partial charge in [-0.3, -0.25) is 13.9 Å². The standard InChI is InChI=1S/C26H29N3O6S/c1-34-18-10-17-27-26(31)21-13-6-7-14-22(21)28-25(30)19-29(36(2,32)33)23-15-8-9-16-24(23)35-20-11-4-3-5-12-20/h3-9,11-16H,10,17-19H2,1-2H3,(H,27,31)(H,28,30). The second kappa shape index (κ2) is 12.7. The first-order valence-corrected chi connectivity index (χ1v) is 13.1. The van der Waals surface area contributed by atoms with Crippen molar-refractivity contribution in [1.29, 1.82) is 0 Å². The molecule has 0 saturated heterocycles. The van der Waals surface area contributed by atoms with Crippen molar-refractivity contribution in [2.75, 3.05) is 42.7 Å². The lowest BCUT2D eigenvalue weighted by atomic mass is 10.1. The molecule has 0 saturated carbocycles. The first-order valence-electron chi connectivity index (χ1n) is 11.2. The van der Waals surface area contributed by atoms with Crippen LogP contribution in [-0.2, 0) is 19.6 Å². The van der Waals surface area contributed by atoms with E-state index in [2.05, 4.69) is 10.6 Å². The Morgan fingerprint density at radius 1 is 0.917 bits per heavy atom. The minimum absolute atomic E-state index is 0.211. The Morgan fingerprint density at radius 3 is 2.31 bits per heavy atom. The highest BCUT2D eigenvalue weighted by molar-refractivity contribution is 7.92. The maximum absolute atomic E-state index is 13.0. The predicted octanol–water partition coefficient (Wildman–Crippen LogP) is 3.65. The third-order valence-electron chi connectivity index (χ3n) is 5.05. The molecule has 0 radical (unpaired) electrons. The number of carbonyl (C=O) groups is 2. The Morgan fingerprint density at radius 2 is 1.58 bits per heavy atom. The van der Waals surface area contributed by atoms with Gasteiger partial charge in [0, 0.05) is 20.3 Å². The fraction of sp³-hybridized carbons (Fsp3) is 0.231. The van der Waals surface area contributed by atoms with Crippen LogP contribution in [0.5, 0.6) is 11.5 Å². The van der Waals surface area contributed by atoms with Crippen LogP contribution in [-0.4, -0.2) is 53.3 Å². The fourth-order valence-electron chi connectivity index (χ4n) is 3.37. The summed E-state index contributed by atoms with van der Waals surface area (Å²) in [6.07, 6.45) is 1.66. The van der Waals surface area contributed by atoms with Crippen molar-refractivity contribution in [2.24, 2.45) is 0 Å². The summed E-state index contributed by atoms with van der Waals surface area (Å²) < 4.78 is 37.2. The Balaban J connectivity index is 1.79. The number of hydrogen-bond acceptors (Lipinski definition) is 6. The van der Waals surface area contributed by atoms with E-state index in [-0.39, 0.29) is 28.6 Å². The van der Waals surface area contributed by atoms with Crippen molar-refractivity contribution < 1.29 is 27.5 Å². The van der Waals surface area contributed by atoms with Crippen LogP contribution in [0.15, 0.2) is 78.9 Å². The van der Waals surface area contributed by atoms with Crippen molar-refractivity contribution in [3.8, 4) is 11.5 Å². The van der Waals surface area contributed by atoms with E-state index in [0.717, 1.165) is 10.6 Å². The van der Waals surface area contributed by atoms with Gasteiger partial charge in [-0.25, -0.2) is 8.42 Å². The van der Waals surface area contributed by atoms with E-state index in [1.54, 1.807) is 79.9 Å². The molecule has 3 aromatic carbocycles. The van der Waals surface area contributed by atoms with Crippen LogP contribution in [0.3, 0.4) is 0 Å². The molecular weight excluding hydrogens is 482 g/mol. The van der Waals surface area contributed by atoms with Gasteiger partial charge in [0.15, 0.2) is 5.75 Å². The molecule has 0 fully saturated rings. The van der Waals surface area contributed by atoms with Crippen LogP contribution in [0.4, 0.5) is 11.4 Å². The van der Waals surface area contributed by atoms with E-state index in [4.69, 9.17) is 9.47 Å². The Bertz CT molecular complexity index is 1280. The molecule has 190 valence electrons. The normalized spacial score (nSPS) is 10.9. The third kappa shape index (κ3) is 7.56. The van der Waals surface area contributed by atoms with Crippen LogP contribution in [0.25, 0.3) is 0 Å². The molecule has 10 heteroatoms. The van der Waals surface area contributed by atoms with Gasteiger partial charge in [-0.05, 0) is 42.8 Å². The molecule has 0 aliphatic carbocycles. The Hall–Kier alpha value is -3.89. The molecular formula is C26H29N3O6S. The SMILES string of the molecule is COCCCNC(=O)c1ccccc1NC(=O)CN(c1ccccc1Oc1ccccc1)S(C)(=O)=O. The lowest BCUT2D eigenvalue weighted by Gasteiger charge is -2.24. The van der Waals surface area contributed by atoms with Gasteiger partial charge >= 0.3 is 0 Å². The lowest BCUT2D eigenvalue weighted by Crippen LogP contribution is -2.38. The van der Waals surface area contributed by atoms with E-state index < -0.39 is 22.5 Å².